The highest BCUT2D eigenvalue weighted by Crippen LogP contribution is 2.27. The summed E-state index contributed by atoms with van der Waals surface area (Å²) < 4.78 is 47.3. The summed E-state index contributed by atoms with van der Waals surface area (Å²) >= 11 is 0. The molecule has 0 bridgehead atoms. The van der Waals surface area contributed by atoms with Crippen LogP contribution in [0.2, 0.25) is 0 Å². The van der Waals surface area contributed by atoms with Crippen molar-refractivity contribution in [3.05, 3.63) is 48.3 Å². The van der Waals surface area contributed by atoms with Crippen molar-refractivity contribution in [1.29, 1.82) is 0 Å². The monoisotopic (exact) mass is 432 g/mol. The minimum Gasteiger partial charge on any atom is -0.491 e. The molecule has 2 aromatic rings. The lowest BCUT2D eigenvalue weighted by atomic mass is 10.1. The van der Waals surface area contributed by atoms with Crippen LogP contribution in [-0.2, 0) is 18.9 Å². The lowest BCUT2D eigenvalue weighted by Crippen LogP contribution is -2.20. The van der Waals surface area contributed by atoms with Crippen molar-refractivity contribution in [2.24, 2.45) is 0 Å². The Hall–Kier alpha value is -2.19. The second-order valence-corrected chi connectivity index (χ2v) is 7.99. The molecule has 4 unspecified atom stereocenters. The molecule has 2 aromatic carbocycles. The third-order valence-electron chi connectivity index (χ3n) is 5.02. The maximum atomic E-state index is 14.5. The first-order valence-corrected chi connectivity index (χ1v) is 10.7. The first-order chi connectivity index (χ1) is 15.1. The topological polar surface area (TPSA) is 62.0 Å². The Balaban J connectivity index is 1.24. The largest absolute Gasteiger partial charge is 0.491 e. The Morgan fingerprint density at radius 3 is 1.94 bits per heavy atom. The summed E-state index contributed by atoms with van der Waals surface area (Å²) in [5, 5.41) is 0. The average Bonchev–Trinajstić information content (AvgIpc) is 3.69. The van der Waals surface area contributed by atoms with E-state index >= 15 is 0 Å². The van der Waals surface area contributed by atoms with Gasteiger partial charge in [-0.25, -0.2) is 4.39 Å². The summed E-state index contributed by atoms with van der Waals surface area (Å²) in [4.78, 5) is 0. The molecule has 0 amide bonds. The third-order valence-corrected chi connectivity index (χ3v) is 5.02. The number of ether oxygens (including phenoxy) is 6. The van der Waals surface area contributed by atoms with E-state index in [1.165, 1.54) is 6.07 Å². The van der Waals surface area contributed by atoms with Gasteiger partial charge in [-0.15, -0.1) is 0 Å². The van der Waals surface area contributed by atoms with Crippen LogP contribution in [0.5, 0.6) is 11.5 Å². The van der Waals surface area contributed by atoms with Gasteiger partial charge in [0.1, 0.15) is 31.2 Å². The highest BCUT2D eigenvalue weighted by molar-refractivity contribution is 5.65. The van der Waals surface area contributed by atoms with Crippen LogP contribution in [0, 0.1) is 5.82 Å². The van der Waals surface area contributed by atoms with Crippen LogP contribution in [0.25, 0.3) is 11.1 Å². The Morgan fingerprint density at radius 1 is 0.839 bits per heavy atom. The van der Waals surface area contributed by atoms with Gasteiger partial charge in [-0.1, -0.05) is 18.2 Å². The van der Waals surface area contributed by atoms with Gasteiger partial charge in [-0.3, -0.25) is 0 Å². The Morgan fingerprint density at radius 2 is 1.39 bits per heavy atom. The molecule has 31 heavy (non-hydrogen) atoms. The molecule has 2 aliphatic heterocycles. The molecule has 2 saturated heterocycles. The van der Waals surface area contributed by atoms with Crippen LogP contribution in [0.4, 0.5) is 4.39 Å². The fraction of sp³-hybridized carbons (Fsp3) is 0.500. The zero-order valence-corrected chi connectivity index (χ0v) is 17.9. The summed E-state index contributed by atoms with van der Waals surface area (Å²) in [6.07, 6.45) is 0.305. The molecule has 2 fully saturated rings. The van der Waals surface area contributed by atoms with E-state index in [2.05, 4.69) is 0 Å². The Labute approximate surface area is 182 Å². The summed E-state index contributed by atoms with van der Waals surface area (Å²) in [5.41, 5.74) is 1.67. The predicted molar refractivity (Wildman–Crippen MR) is 113 cm³/mol. The van der Waals surface area contributed by atoms with Gasteiger partial charge in [-0.2, -0.15) is 0 Å². The van der Waals surface area contributed by atoms with Crippen LogP contribution in [0.3, 0.4) is 0 Å². The van der Waals surface area contributed by atoms with Crippen molar-refractivity contribution >= 4 is 0 Å². The molecule has 6 nitrogen and oxygen atoms in total. The maximum Gasteiger partial charge on any atom is 0.165 e. The van der Waals surface area contributed by atoms with Crippen molar-refractivity contribution in [3.8, 4) is 22.6 Å². The molecular formula is C24H29FO6. The highest BCUT2D eigenvalue weighted by atomic mass is 19.1. The van der Waals surface area contributed by atoms with E-state index in [-0.39, 0.29) is 36.8 Å². The minimum atomic E-state index is -0.402. The number of epoxide rings is 2. The highest BCUT2D eigenvalue weighted by Gasteiger charge is 2.24. The molecule has 4 rings (SSSR count). The standard InChI is InChI=1S/C24H29FO6/c1-16(26-12-21-14-29-21)10-28-20-6-3-18(4-7-20)19-5-8-24(23(25)9-19)31-11-17(2)27-13-22-15-30-22/h3-9,16-17,21-22H,10-15H2,1-2H3. The maximum absolute atomic E-state index is 14.5. The SMILES string of the molecule is CC(COc1ccc(-c2ccc(OCC(C)OCC3CO3)c(F)c2)cc1)OCC1CO1. The van der Waals surface area contributed by atoms with E-state index in [4.69, 9.17) is 28.4 Å². The lowest BCUT2D eigenvalue weighted by Gasteiger charge is -2.15. The number of hydrogen-bond acceptors (Lipinski definition) is 6. The van der Waals surface area contributed by atoms with Gasteiger partial charge in [0.25, 0.3) is 0 Å². The first kappa shape index (κ1) is 22.0. The summed E-state index contributed by atoms with van der Waals surface area (Å²) in [7, 11) is 0. The molecule has 7 heteroatoms. The third kappa shape index (κ3) is 7.18. The quantitative estimate of drug-likeness (QED) is 0.448. The van der Waals surface area contributed by atoms with Crippen LogP contribution in [0.1, 0.15) is 13.8 Å². The number of halogens is 1. The van der Waals surface area contributed by atoms with Crippen LogP contribution < -0.4 is 9.47 Å². The van der Waals surface area contributed by atoms with Gasteiger partial charge in [0.15, 0.2) is 11.6 Å². The summed E-state index contributed by atoms with van der Waals surface area (Å²) in [5.74, 6) is 0.557. The van der Waals surface area contributed by atoms with E-state index in [1.54, 1.807) is 6.07 Å². The zero-order valence-electron chi connectivity index (χ0n) is 17.9. The van der Waals surface area contributed by atoms with Gasteiger partial charge in [0.05, 0.1) is 38.6 Å². The smallest absolute Gasteiger partial charge is 0.165 e. The first-order valence-electron chi connectivity index (χ1n) is 10.7. The molecular weight excluding hydrogens is 403 g/mol. The molecule has 0 aromatic heterocycles. The van der Waals surface area contributed by atoms with Crippen molar-refractivity contribution in [3.63, 3.8) is 0 Å². The van der Waals surface area contributed by atoms with Gasteiger partial charge in [-0.05, 0) is 49.2 Å². The van der Waals surface area contributed by atoms with E-state index in [0.29, 0.717) is 19.8 Å². The zero-order chi connectivity index (χ0) is 21.6. The summed E-state index contributed by atoms with van der Waals surface area (Å²) in [6.45, 7) is 7.30. The van der Waals surface area contributed by atoms with E-state index in [1.807, 2.05) is 44.2 Å². The normalized spacial score (nSPS) is 21.4. The molecule has 0 N–H and O–H groups in total. The second-order valence-electron chi connectivity index (χ2n) is 7.99. The molecule has 0 saturated carbocycles. The second kappa shape index (κ2) is 10.4. The predicted octanol–water partition coefficient (Wildman–Crippen LogP) is 3.86. The van der Waals surface area contributed by atoms with Crippen molar-refractivity contribution in [2.75, 3.05) is 39.6 Å². The fourth-order valence-electron chi connectivity index (χ4n) is 2.93. The van der Waals surface area contributed by atoms with Gasteiger partial charge < -0.3 is 28.4 Å². The lowest BCUT2D eigenvalue weighted by molar-refractivity contribution is 0.0232. The molecule has 168 valence electrons. The number of benzene rings is 2. The summed E-state index contributed by atoms with van der Waals surface area (Å²) in [6, 6.07) is 12.5. The van der Waals surface area contributed by atoms with E-state index in [9.17, 15) is 4.39 Å². The molecule has 0 radical (unpaired) electrons. The van der Waals surface area contributed by atoms with Gasteiger partial charge >= 0.3 is 0 Å². The molecule has 2 aliphatic rings. The minimum absolute atomic E-state index is 0.0133. The van der Waals surface area contributed by atoms with Crippen LogP contribution in [0.15, 0.2) is 42.5 Å². The van der Waals surface area contributed by atoms with Crippen molar-refractivity contribution < 1.29 is 32.8 Å². The molecule has 0 spiro atoms. The van der Waals surface area contributed by atoms with Crippen molar-refractivity contribution in [1.82, 2.24) is 0 Å². The van der Waals surface area contributed by atoms with Crippen LogP contribution >= 0.6 is 0 Å². The van der Waals surface area contributed by atoms with Gasteiger partial charge in [0.2, 0.25) is 0 Å². The molecule has 2 heterocycles. The average molecular weight is 432 g/mol. The van der Waals surface area contributed by atoms with E-state index < -0.39 is 5.82 Å². The number of hydrogen-bond donors (Lipinski definition) is 0. The van der Waals surface area contributed by atoms with Gasteiger partial charge in [0, 0.05) is 0 Å². The van der Waals surface area contributed by atoms with E-state index in [0.717, 1.165) is 30.1 Å². The fourth-order valence-corrected chi connectivity index (χ4v) is 2.93. The Kier molecular flexibility index (Phi) is 7.40. The van der Waals surface area contributed by atoms with Crippen molar-refractivity contribution in [2.45, 2.75) is 38.3 Å². The Bertz CT molecular complexity index is 834. The molecule has 0 aliphatic carbocycles. The van der Waals surface area contributed by atoms with Crippen LogP contribution in [-0.4, -0.2) is 64.1 Å². The number of rotatable bonds is 13. The molecule has 4 atom stereocenters.